The molecule has 0 bridgehead atoms. The average Bonchev–Trinajstić information content (AvgIpc) is 2.52. The molecule has 0 radical (unpaired) electrons. The van der Waals surface area contributed by atoms with Crippen LogP contribution in [0.3, 0.4) is 0 Å². The Morgan fingerprint density at radius 3 is 2.48 bits per heavy atom. The van der Waals surface area contributed by atoms with Gasteiger partial charge in [-0.05, 0) is 41.9 Å². The second kappa shape index (κ2) is 6.42. The molecule has 0 aromatic heterocycles. The minimum absolute atomic E-state index is 0.329. The molecule has 0 heterocycles. The Bertz CT molecular complexity index is 579. The van der Waals surface area contributed by atoms with Gasteiger partial charge < -0.3 is 0 Å². The van der Waals surface area contributed by atoms with Gasteiger partial charge in [0.05, 0.1) is 0 Å². The zero-order chi connectivity index (χ0) is 14.7. The molecule has 3 N–H and O–H groups in total. The van der Waals surface area contributed by atoms with Crippen LogP contribution >= 0.6 is 0 Å². The fourth-order valence-electron chi connectivity index (χ4n) is 3.68. The lowest BCUT2D eigenvalue weighted by molar-refractivity contribution is 0.363. The van der Waals surface area contributed by atoms with Crippen molar-refractivity contribution in [1.82, 2.24) is 5.43 Å². The van der Waals surface area contributed by atoms with Gasteiger partial charge in [0.1, 0.15) is 0 Å². The van der Waals surface area contributed by atoms with Crippen molar-refractivity contribution in [2.75, 3.05) is 0 Å². The quantitative estimate of drug-likeness (QED) is 0.625. The molecule has 0 spiro atoms. The summed E-state index contributed by atoms with van der Waals surface area (Å²) in [6.07, 6.45) is 3.41. The Labute approximate surface area is 127 Å². The third-order valence-corrected chi connectivity index (χ3v) is 4.87. The van der Waals surface area contributed by atoms with Crippen molar-refractivity contribution < 1.29 is 0 Å². The van der Waals surface area contributed by atoms with E-state index in [9.17, 15) is 0 Å². The first-order valence-corrected chi connectivity index (χ1v) is 7.92. The van der Waals surface area contributed by atoms with Crippen molar-refractivity contribution >= 4 is 0 Å². The maximum Gasteiger partial charge on any atom is 0.0285 e. The topological polar surface area (TPSA) is 38.0 Å². The van der Waals surface area contributed by atoms with Gasteiger partial charge in [-0.1, -0.05) is 61.5 Å². The third kappa shape index (κ3) is 2.87. The molecule has 0 aliphatic heterocycles. The number of hydrogen-bond acceptors (Lipinski definition) is 2. The van der Waals surface area contributed by atoms with Gasteiger partial charge in [0.15, 0.2) is 0 Å². The van der Waals surface area contributed by atoms with Gasteiger partial charge in [0, 0.05) is 12.0 Å². The van der Waals surface area contributed by atoms with Gasteiger partial charge >= 0.3 is 0 Å². The van der Waals surface area contributed by atoms with Gasteiger partial charge in [-0.2, -0.15) is 0 Å². The highest BCUT2D eigenvalue weighted by molar-refractivity contribution is 5.40. The van der Waals surface area contributed by atoms with E-state index in [2.05, 4.69) is 66.9 Å². The number of nitrogens with one attached hydrogen (secondary N) is 1. The number of fused-ring (bicyclic) bond motifs is 1. The number of rotatable bonds is 6. The molecule has 2 aromatic rings. The number of hydrazine groups is 1. The number of benzene rings is 2. The monoisotopic (exact) mass is 280 g/mol. The first kappa shape index (κ1) is 14.3. The summed E-state index contributed by atoms with van der Waals surface area (Å²) < 4.78 is 0. The van der Waals surface area contributed by atoms with Crippen LogP contribution in [0.25, 0.3) is 0 Å². The van der Waals surface area contributed by atoms with Crippen molar-refractivity contribution in [2.45, 2.75) is 44.1 Å². The SMILES string of the molecule is CCC(c1ccccc1)C(CC1Cc2ccccc21)NN. The molecule has 2 nitrogen and oxygen atoms in total. The largest absolute Gasteiger partial charge is 0.271 e. The molecule has 0 saturated heterocycles. The Hall–Kier alpha value is -1.64. The lowest BCUT2D eigenvalue weighted by Crippen LogP contribution is -2.42. The molecule has 2 aromatic carbocycles. The predicted molar refractivity (Wildman–Crippen MR) is 88.1 cm³/mol. The molecular weight excluding hydrogens is 256 g/mol. The van der Waals surface area contributed by atoms with E-state index in [0.717, 1.165) is 12.8 Å². The normalized spacial score (nSPS) is 19.4. The molecule has 3 atom stereocenters. The molecule has 110 valence electrons. The zero-order valence-corrected chi connectivity index (χ0v) is 12.6. The van der Waals surface area contributed by atoms with Crippen LogP contribution in [-0.2, 0) is 6.42 Å². The molecule has 1 aliphatic carbocycles. The fourth-order valence-corrected chi connectivity index (χ4v) is 3.68. The van der Waals surface area contributed by atoms with Gasteiger partial charge in [0.2, 0.25) is 0 Å². The van der Waals surface area contributed by atoms with E-state index in [1.807, 2.05) is 0 Å². The summed E-state index contributed by atoms with van der Waals surface area (Å²) in [5.74, 6) is 7.01. The lowest BCUT2D eigenvalue weighted by atomic mass is 9.72. The van der Waals surface area contributed by atoms with Crippen LogP contribution in [0.4, 0.5) is 0 Å². The Morgan fingerprint density at radius 1 is 1.10 bits per heavy atom. The Morgan fingerprint density at radius 2 is 1.81 bits per heavy atom. The first-order chi connectivity index (χ1) is 10.3. The summed E-state index contributed by atoms with van der Waals surface area (Å²) in [7, 11) is 0. The molecule has 0 amide bonds. The van der Waals surface area contributed by atoms with Crippen molar-refractivity contribution in [1.29, 1.82) is 0 Å². The van der Waals surface area contributed by atoms with E-state index in [0.29, 0.717) is 17.9 Å². The van der Waals surface area contributed by atoms with Crippen molar-refractivity contribution in [3.63, 3.8) is 0 Å². The maximum absolute atomic E-state index is 5.88. The van der Waals surface area contributed by atoms with Crippen molar-refractivity contribution in [2.24, 2.45) is 5.84 Å². The molecule has 3 rings (SSSR count). The highest BCUT2D eigenvalue weighted by Gasteiger charge is 2.30. The van der Waals surface area contributed by atoms with E-state index in [4.69, 9.17) is 5.84 Å². The van der Waals surface area contributed by atoms with E-state index in [1.54, 1.807) is 0 Å². The summed E-state index contributed by atoms with van der Waals surface area (Å²) in [6.45, 7) is 2.25. The van der Waals surface area contributed by atoms with Crippen LogP contribution in [-0.4, -0.2) is 6.04 Å². The van der Waals surface area contributed by atoms with Crippen LogP contribution in [0, 0.1) is 0 Å². The van der Waals surface area contributed by atoms with Gasteiger partial charge in [0.25, 0.3) is 0 Å². The lowest BCUT2D eigenvalue weighted by Gasteiger charge is -2.35. The minimum atomic E-state index is 0.329. The highest BCUT2D eigenvalue weighted by atomic mass is 15.2. The van der Waals surface area contributed by atoms with Crippen molar-refractivity contribution in [3.05, 3.63) is 71.3 Å². The van der Waals surface area contributed by atoms with Crippen molar-refractivity contribution in [3.8, 4) is 0 Å². The van der Waals surface area contributed by atoms with Crippen LogP contribution < -0.4 is 11.3 Å². The Balaban J connectivity index is 1.73. The smallest absolute Gasteiger partial charge is 0.0285 e. The summed E-state index contributed by atoms with van der Waals surface area (Å²) in [5.41, 5.74) is 7.49. The van der Waals surface area contributed by atoms with Crippen LogP contribution in [0.5, 0.6) is 0 Å². The molecule has 21 heavy (non-hydrogen) atoms. The summed E-state index contributed by atoms with van der Waals surface area (Å²) in [5, 5.41) is 0. The van der Waals surface area contributed by atoms with Gasteiger partial charge in [-0.3, -0.25) is 11.3 Å². The summed E-state index contributed by atoms with van der Waals surface area (Å²) in [4.78, 5) is 0. The van der Waals surface area contributed by atoms with Gasteiger partial charge in [-0.15, -0.1) is 0 Å². The number of hydrogen-bond donors (Lipinski definition) is 2. The molecule has 0 fully saturated rings. The molecule has 2 heteroatoms. The molecule has 1 aliphatic rings. The first-order valence-electron chi connectivity index (χ1n) is 7.92. The Kier molecular flexibility index (Phi) is 4.37. The zero-order valence-electron chi connectivity index (χ0n) is 12.6. The molecular formula is C19H24N2. The minimum Gasteiger partial charge on any atom is -0.271 e. The highest BCUT2D eigenvalue weighted by Crippen LogP contribution is 2.40. The predicted octanol–water partition coefficient (Wildman–Crippen LogP) is 3.74. The average molecular weight is 280 g/mol. The maximum atomic E-state index is 5.88. The summed E-state index contributed by atoms with van der Waals surface area (Å²) in [6, 6.07) is 19.8. The van der Waals surface area contributed by atoms with Crippen LogP contribution in [0.1, 0.15) is 48.3 Å². The standard InChI is InChI=1S/C19H24N2/c1-2-17(14-8-4-3-5-9-14)19(21-20)13-16-12-15-10-6-7-11-18(15)16/h3-11,16-17,19,21H,2,12-13,20H2,1H3. The second-order valence-corrected chi connectivity index (χ2v) is 6.03. The number of nitrogens with two attached hydrogens (primary N) is 1. The fraction of sp³-hybridized carbons (Fsp3) is 0.368. The van der Waals surface area contributed by atoms with Crippen LogP contribution in [0.2, 0.25) is 0 Å². The third-order valence-electron chi connectivity index (χ3n) is 4.87. The van der Waals surface area contributed by atoms with E-state index in [-0.39, 0.29) is 0 Å². The molecule has 3 unspecified atom stereocenters. The van der Waals surface area contributed by atoms with E-state index in [1.165, 1.54) is 23.1 Å². The van der Waals surface area contributed by atoms with Crippen LogP contribution in [0.15, 0.2) is 54.6 Å². The van der Waals surface area contributed by atoms with E-state index < -0.39 is 0 Å². The van der Waals surface area contributed by atoms with Gasteiger partial charge in [-0.25, -0.2) is 0 Å². The second-order valence-electron chi connectivity index (χ2n) is 6.03. The molecule has 0 saturated carbocycles. The summed E-state index contributed by atoms with van der Waals surface area (Å²) >= 11 is 0. The van der Waals surface area contributed by atoms with E-state index >= 15 is 0 Å².